The first-order valence-electron chi connectivity index (χ1n) is 11.4. The Morgan fingerprint density at radius 3 is 2.66 bits per heavy atom. The molecule has 8 nitrogen and oxygen atoms in total. The Kier molecular flexibility index (Phi) is 5.59. The first-order valence-corrected chi connectivity index (χ1v) is 12.8. The second-order valence-corrected chi connectivity index (χ2v) is 11.3. The van der Waals surface area contributed by atoms with Gasteiger partial charge >= 0.3 is 0 Å². The number of amides is 1. The number of benzene rings is 1. The summed E-state index contributed by atoms with van der Waals surface area (Å²) in [6, 6.07) is 5.79. The van der Waals surface area contributed by atoms with Crippen molar-refractivity contribution in [2.24, 2.45) is 17.8 Å². The van der Waals surface area contributed by atoms with Crippen molar-refractivity contribution in [1.82, 2.24) is 14.6 Å². The lowest BCUT2D eigenvalue weighted by atomic mass is 9.84. The van der Waals surface area contributed by atoms with Crippen molar-refractivity contribution in [3.8, 4) is 0 Å². The molecule has 1 aromatic heterocycles. The molecule has 1 amide bonds. The lowest BCUT2D eigenvalue weighted by Crippen LogP contribution is -2.41. The Morgan fingerprint density at radius 2 is 1.97 bits per heavy atom. The van der Waals surface area contributed by atoms with Crippen LogP contribution < -0.4 is 10.9 Å². The maximum absolute atomic E-state index is 13.2. The summed E-state index contributed by atoms with van der Waals surface area (Å²) in [5.74, 6) is 1.56. The van der Waals surface area contributed by atoms with Crippen LogP contribution in [0.2, 0.25) is 0 Å². The number of fused-ring (bicyclic) bond motifs is 3. The Balaban J connectivity index is 1.46. The number of aromatic nitrogens is 1. The number of hydrogen-bond acceptors (Lipinski definition) is 5. The number of ether oxygens (including phenoxy) is 1. The van der Waals surface area contributed by atoms with E-state index in [1.165, 1.54) is 41.8 Å². The standard InChI is InChI=1S/C23H29N3O5S/c1-14(18-11-15-2-3-16(18)10-15)24-23(28)20-13-22(27)25-21-5-4-17(12-19(20)21)32(29,30)26-6-8-31-9-7-26/h4-5,12-16,18H,2-3,6-11H2,1H3,(H,24,28)(H,25,27). The van der Waals surface area contributed by atoms with E-state index in [0.717, 1.165) is 12.3 Å². The summed E-state index contributed by atoms with van der Waals surface area (Å²) in [6.45, 7) is 3.33. The molecule has 2 heterocycles. The van der Waals surface area contributed by atoms with Crippen LogP contribution in [-0.2, 0) is 14.8 Å². The smallest absolute Gasteiger partial charge is 0.252 e. The number of carbonyl (C=O) groups is 1. The predicted molar refractivity (Wildman–Crippen MR) is 120 cm³/mol. The fraction of sp³-hybridized carbons (Fsp3) is 0.565. The van der Waals surface area contributed by atoms with Gasteiger partial charge in [-0.1, -0.05) is 6.42 Å². The van der Waals surface area contributed by atoms with Gasteiger partial charge in [0.15, 0.2) is 0 Å². The van der Waals surface area contributed by atoms with Gasteiger partial charge in [0.05, 0.1) is 23.7 Å². The molecule has 4 unspecified atom stereocenters. The average molecular weight is 460 g/mol. The first kappa shape index (κ1) is 21.6. The Hall–Kier alpha value is -2.23. The zero-order valence-electron chi connectivity index (χ0n) is 18.2. The first-order chi connectivity index (χ1) is 15.3. The highest BCUT2D eigenvalue weighted by Crippen LogP contribution is 2.49. The molecule has 3 aliphatic rings. The minimum absolute atomic E-state index is 0.00685. The van der Waals surface area contributed by atoms with E-state index in [1.54, 1.807) is 6.07 Å². The molecule has 3 fully saturated rings. The van der Waals surface area contributed by atoms with Crippen LogP contribution in [0.15, 0.2) is 34.0 Å². The van der Waals surface area contributed by atoms with E-state index < -0.39 is 10.0 Å². The van der Waals surface area contributed by atoms with Crippen molar-refractivity contribution < 1.29 is 17.9 Å². The van der Waals surface area contributed by atoms with Crippen molar-refractivity contribution >= 4 is 26.8 Å². The van der Waals surface area contributed by atoms with E-state index >= 15 is 0 Å². The van der Waals surface area contributed by atoms with Crippen LogP contribution in [0.4, 0.5) is 0 Å². The fourth-order valence-electron chi connectivity index (χ4n) is 5.82. The molecule has 9 heteroatoms. The van der Waals surface area contributed by atoms with Gasteiger partial charge in [0, 0.05) is 36.1 Å². The Labute approximate surface area is 187 Å². The molecule has 32 heavy (non-hydrogen) atoms. The number of hydrogen-bond donors (Lipinski definition) is 2. The van der Waals surface area contributed by atoms with E-state index in [1.807, 2.05) is 6.92 Å². The highest BCUT2D eigenvalue weighted by Gasteiger charge is 2.42. The highest BCUT2D eigenvalue weighted by molar-refractivity contribution is 7.89. The molecular formula is C23H29N3O5S. The molecule has 0 spiro atoms. The van der Waals surface area contributed by atoms with Crippen molar-refractivity contribution in [2.75, 3.05) is 26.3 Å². The molecule has 2 N–H and O–H groups in total. The molecule has 2 saturated carbocycles. The molecule has 1 saturated heterocycles. The number of H-pyrrole nitrogens is 1. The van der Waals surface area contributed by atoms with E-state index in [0.29, 0.717) is 49.0 Å². The summed E-state index contributed by atoms with van der Waals surface area (Å²) in [7, 11) is -3.72. The normalized spacial score (nSPS) is 27.0. The van der Waals surface area contributed by atoms with Gasteiger partial charge in [-0.15, -0.1) is 0 Å². The maximum Gasteiger partial charge on any atom is 0.252 e. The van der Waals surface area contributed by atoms with Crippen molar-refractivity contribution in [2.45, 2.75) is 43.5 Å². The Bertz CT molecular complexity index is 1200. The van der Waals surface area contributed by atoms with Gasteiger partial charge in [0.1, 0.15) is 0 Å². The largest absolute Gasteiger partial charge is 0.379 e. The third-order valence-corrected chi connectivity index (χ3v) is 9.36. The summed E-state index contributed by atoms with van der Waals surface area (Å²) in [5.41, 5.74) is 0.257. The van der Waals surface area contributed by atoms with Gasteiger partial charge in [0.25, 0.3) is 5.91 Å². The predicted octanol–water partition coefficient (Wildman–Crippen LogP) is 2.10. The van der Waals surface area contributed by atoms with Crippen LogP contribution >= 0.6 is 0 Å². The molecule has 5 rings (SSSR count). The zero-order chi connectivity index (χ0) is 22.5. The molecule has 0 radical (unpaired) electrons. The van der Waals surface area contributed by atoms with Crippen LogP contribution in [0.5, 0.6) is 0 Å². The molecule has 1 aromatic carbocycles. The minimum atomic E-state index is -3.72. The second-order valence-electron chi connectivity index (χ2n) is 9.37. The highest BCUT2D eigenvalue weighted by atomic mass is 32.2. The number of carbonyl (C=O) groups excluding carboxylic acids is 1. The van der Waals surface area contributed by atoms with Crippen molar-refractivity contribution in [3.05, 3.63) is 40.2 Å². The lowest BCUT2D eigenvalue weighted by molar-refractivity contribution is 0.0730. The molecule has 4 atom stereocenters. The third kappa shape index (κ3) is 3.86. The zero-order valence-corrected chi connectivity index (χ0v) is 19.0. The number of rotatable bonds is 5. The molecule has 2 aromatic rings. The monoisotopic (exact) mass is 459 g/mol. The van der Waals surface area contributed by atoms with Crippen LogP contribution in [0, 0.1) is 17.8 Å². The fourth-order valence-corrected chi connectivity index (χ4v) is 7.25. The quantitative estimate of drug-likeness (QED) is 0.712. The van der Waals surface area contributed by atoms with E-state index in [2.05, 4.69) is 10.3 Å². The SMILES string of the molecule is CC(NC(=O)c1cc(=O)[nH]c2ccc(S(=O)(=O)N3CCOCC3)cc12)C1CC2CCC1C2. The van der Waals surface area contributed by atoms with Crippen LogP contribution in [-0.4, -0.2) is 56.0 Å². The van der Waals surface area contributed by atoms with Crippen LogP contribution in [0.25, 0.3) is 10.9 Å². The van der Waals surface area contributed by atoms with Crippen molar-refractivity contribution in [3.63, 3.8) is 0 Å². The van der Waals surface area contributed by atoms with Gasteiger partial charge in [0.2, 0.25) is 15.6 Å². The third-order valence-electron chi connectivity index (χ3n) is 7.46. The van der Waals surface area contributed by atoms with Crippen molar-refractivity contribution in [1.29, 1.82) is 0 Å². The summed E-state index contributed by atoms with van der Waals surface area (Å²) < 4.78 is 32.9. The Morgan fingerprint density at radius 1 is 1.19 bits per heavy atom. The maximum atomic E-state index is 13.2. The minimum Gasteiger partial charge on any atom is -0.379 e. The summed E-state index contributed by atoms with van der Waals surface area (Å²) >= 11 is 0. The van der Waals surface area contributed by atoms with Gasteiger partial charge < -0.3 is 15.0 Å². The van der Waals surface area contributed by atoms with Crippen LogP contribution in [0.1, 0.15) is 43.0 Å². The van der Waals surface area contributed by atoms with Gasteiger partial charge in [-0.05, 0) is 62.1 Å². The summed E-state index contributed by atoms with van der Waals surface area (Å²) in [4.78, 5) is 28.2. The number of nitrogens with one attached hydrogen (secondary N) is 2. The topological polar surface area (TPSA) is 109 Å². The van der Waals surface area contributed by atoms with E-state index in [4.69, 9.17) is 4.74 Å². The van der Waals surface area contributed by atoms with Gasteiger partial charge in [-0.2, -0.15) is 4.31 Å². The van der Waals surface area contributed by atoms with Gasteiger partial charge in [-0.3, -0.25) is 9.59 Å². The number of sulfonamides is 1. The molecule has 2 bridgehead atoms. The lowest BCUT2D eigenvalue weighted by Gasteiger charge is -2.28. The number of pyridine rings is 1. The summed E-state index contributed by atoms with van der Waals surface area (Å²) in [6.07, 6.45) is 4.92. The van der Waals surface area contributed by atoms with E-state index in [-0.39, 0.29) is 28.0 Å². The molecule has 1 aliphatic heterocycles. The number of morpholine rings is 1. The molecule has 2 aliphatic carbocycles. The van der Waals surface area contributed by atoms with Crippen LogP contribution in [0.3, 0.4) is 0 Å². The number of aromatic amines is 1. The van der Waals surface area contributed by atoms with E-state index in [9.17, 15) is 18.0 Å². The second kappa shape index (κ2) is 8.28. The van der Waals surface area contributed by atoms with Gasteiger partial charge in [-0.25, -0.2) is 8.42 Å². The number of nitrogens with zero attached hydrogens (tertiary/aromatic N) is 1. The molecular weight excluding hydrogens is 430 g/mol. The summed E-state index contributed by atoms with van der Waals surface area (Å²) in [5, 5.41) is 3.52. The molecule has 172 valence electrons. The average Bonchev–Trinajstić information content (AvgIpc) is 3.42.